The summed E-state index contributed by atoms with van der Waals surface area (Å²) in [5.41, 5.74) is 8.70. The number of hydrogen-bond donors (Lipinski definition) is 2. The van der Waals surface area contributed by atoms with Crippen LogP contribution in [0.5, 0.6) is 0 Å². The fraction of sp³-hybridized carbons (Fsp3) is 0.538. The lowest BCUT2D eigenvalue weighted by molar-refractivity contribution is 0.117. The predicted molar refractivity (Wildman–Crippen MR) is 65.0 cm³/mol. The molecule has 0 bridgehead atoms. The fourth-order valence-electron chi connectivity index (χ4n) is 2.47. The molecule has 1 aliphatic carbocycles. The van der Waals surface area contributed by atoms with E-state index in [0.29, 0.717) is 6.04 Å². The van der Waals surface area contributed by atoms with Gasteiger partial charge >= 0.3 is 0 Å². The highest BCUT2D eigenvalue weighted by Gasteiger charge is 2.32. The number of nitrogens with zero attached hydrogens (tertiary/aromatic N) is 1. The third-order valence-corrected chi connectivity index (χ3v) is 3.68. The summed E-state index contributed by atoms with van der Waals surface area (Å²) in [5, 5.41) is 9.21. The second-order valence-corrected chi connectivity index (χ2v) is 4.68. The van der Waals surface area contributed by atoms with Crippen molar-refractivity contribution in [1.82, 2.24) is 4.90 Å². The van der Waals surface area contributed by atoms with Crippen LogP contribution in [0.4, 0.5) is 0 Å². The van der Waals surface area contributed by atoms with Crippen molar-refractivity contribution in [3.05, 3.63) is 35.4 Å². The number of likely N-dealkylation sites (N-methyl/N-ethyl adjacent to an activating group) is 1. The summed E-state index contributed by atoms with van der Waals surface area (Å²) in [7, 11) is 2.06. The van der Waals surface area contributed by atoms with Crippen LogP contribution in [0, 0.1) is 0 Å². The minimum absolute atomic E-state index is 0.134. The quantitative estimate of drug-likeness (QED) is 0.810. The molecular formula is C13H20N2O. The van der Waals surface area contributed by atoms with Crippen molar-refractivity contribution in [2.75, 3.05) is 13.7 Å². The molecule has 1 aromatic rings. The van der Waals surface area contributed by atoms with E-state index < -0.39 is 0 Å². The second kappa shape index (κ2) is 4.53. The fourth-order valence-corrected chi connectivity index (χ4v) is 2.47. The second-order valence-electron chi connectivity index (χ2n) is 4.68. The van der Waals surface area contributed by atoms with Gasteiger partial charge in [0.05, 0.1) is 6.61 Å². The van der Waals surface area contributed by atoms with E-state index in [2.05, 4.69) is 30.1 Å². The molecule has 0 saturated carbocycles. The Labute approximate surface area is 96.9 Å². The molecule has 0 fully saturated rings. The van der Waals surface area contributed by atoms with Crippen molar-refractivity contribution in [2.45, 2.75) is 31.5 Å². The molecule has 0 saturated heterocycles. The maximum atomic E-state index is 9.21. The minimum Gasteiger partial charge on any atom is -0.395 e. The molecule has 3 nitrogen and oxygen atoms in total. The highest BCUT2D eigenvalue weighted by atomic mass is 16.3. The van der Waals surface area contributed by atoms with E-state index in [-0.39, 0.29) is 18.7 Å². The molecular weight excluding hydrogens is 200 g/mol. The summed E-state index contributed by atoms with van der Waals surface area (Å²) in [6.07, 6.45) is 0.945. The van der Waals surface area contributed by atoms with Gasteiger partial charge < -0.3 is 10.8 Å². The van der Waals surface area contributed by atoms with Gasteiger partial charge in [-0.3, -0.25) is 4.90 Å². The van der Waals surface area contributed by atoms with Crippen LogP contribution in [0.25, 0.3) is 0 Å². The number of nitrogens with two attached hydrogens (primary N) is 1. The largest absolute Gasteiger partial charge is 0.395 e. The zero-order valence-electron chi connectivity index (χ0n) is 9.93. The summed E-state index contributed by atoms with van der Waals surface area (Å²) in [6.45, 7) is 2.22. The summed E-state index contributed by atoms with van der Waals surface area (Å²) < 4.78 is 0. The zero-order valence-corrected chi connectivity index (χ0v) is 9.93. The van der Waals surface area contributed by atoms with Crippen molar-refractivity contribution in [1.29, 1.82) is 0 Å². The van der Waals surface area contributed by atoms with Crippen molar-refractivity contribution in [3.63, 3.8) is 0 Å². The van der Waals surface area contributed by atoms with Gasteiger partial charge in [0, 0.05) is 18.1 Å². The molecule has 3 atom stereocenters. The van der Waals surface area contributed by atoms with Gasteiger partial charge in [-0.2, -0.15) is 0 Å². The maximum absolute atomic E-state index is 9.21. The lowest BCUT2D eigenvalue weighted by atomic mass is 10.1. The Bertz CT molecular complexity index is 367. The average Bonchev–Trinajstić information content (AvgIpc) is 2.65. The lowest BCUT2D eigenvalue weighted by Gasteiger charge is -2.30. The SMILES string of the molecule is CC(CO)N(C)C1CC(N)c2ccccc21. The molecule has 0 spiro atoms. The van der Waals surface area contributed by atoms with E-state index in [4.69, 9.17) is 5.73 Å². The topological polar surface area (TPSA) is 49.5 Å². The van der Waals surface area contributed by atoms with Crippen molar-refractivity contribution in [3.8, 4) is 0 Å². The third-order valence-electron chi connectivity index (χ3n) is 3.68. The van der Waals surface area contributed by atoms with E-state index in [0.717, 1.165) is 6.42 Å². The van der Waals surface area contributed by atoms with Gasteiger partial charge in [0.1, 0.15) is 0 Å². The summed E-state index contributed by atoms with van der Waals surface area (Å²) in [4.78, 5) is 2.21. The van der Waals surface area contributed by atoms with Crippen LogP contribution >= 0.6 is 0 Å². The van der Waals surface area contributed by atoms with E-state index in [1.165, 1.54) is 11.1 Å². The molecule has 3 unspecified atom stereocenters. The van der Waals surface area contributed by atoms with Crippen LogP contribution in [0.2, 0.25) is 0 Å². The molecule has 3 N–H and O–H groups in total. The van der Waals surface area contributed by atoms with E-state index >= 15 is 0 Å². The molecule has 0 radical (unpaired) electrons. The Morgan fingerprint density at radius 2 is 2.06 bits per heavy atom. The van der Waals surface area contributed by atoms with Crippen molar-refractivity contribution in [2.24, 2.45) is 5.73 Å². The van der Waals surface area contributed by atoms with Crippen molar-refractivity contribution < 1.29 is 5.11 Å². The zero-order chi connectivity index (χ0) is 11.7. The Kier molecular flexibility index (Phi) is 3.28. The minimum atomic E-state index is 0.134. The molecule has 0 amide bonds. The highest BCUT2D eigenvalue weighted by Crippen LogP contribution is 2.40. The van der Waals surface area contributed by atoms with Crippen LogP contribution in [-0.2, 0) is 0 Å². The van der Waals surface area contributed by atoms with Crippen LogP contribution in [0.1, 0.15) is 36.6 Å². The molecule has 16 heavy (non-hydrogen) atoms. The smallest absolute Gasteiger partial charge is 0.0584 e. The van der Waals surface area contributed by atoms with Crippen LogP contribution < -0.4 is 5.73 Å². The number of hydrogen-bond acceptors (Lipinski definition) is 3. The van der Waals surface area contributed by atoms with Crippen LogP contribution in [0.15, 0.2) is 24.3 Å². The number of rotatable bonds is 3. The first-order valence-corrected chi connectivity index (χ1v) is 5.82. The maximum Gasteiger partial charge on any atom is 0.0584 e. The molecule has 1 aromatic carbocycles. The Morgan fingerprint density at radius 3 is 2.69 bits per heavy atom. The normalized spacial score (nSPS) is 25.8. The molecule has 0 aliphatic heterocycles. The first-order valence-electron chi connectivity index (χ1n) is 5.82. The average molecular weight is 220 g/mol. The number of benzene rings is 1. The summed E-state index contributed by atoms with van der Waals surface area (Å²) in [5.74, 6) is 0. The summed E-state index contributed by atoms with van der Waals surface area (Å²) in [6, 6.07) is 8.99. The Morgan fingerprint density at radius 1 is 1.44 bits per heavy atom. The molecule has 88 valence electrons. The van der Waals surface area contributed by atoms with Gasteiger partial charge in [0.2, 0.25) is 0 Å². The molecule has 3 heteroatoms. The van der Waals surface area contributed by atoms with Gasteiger partial charge in [-0.15, -0.1) is 0 Å². The van der Waals surface area contributed by atoms with Crippen LogP contribution in [0.3, 0.4) is 0 Å². The molecule has 0 aromatic heterocycles. The monoisotopic (exact) mass is 220 g/mol. The van der Waals surface area contributed by atoms with Gasteiger partial charge in [0.15, 0.2) is 0 Å². The van der Waals surface area contributed by atoms with Gasteiger partial charge in [0.25, 0.3) is 0 Å². The number of aliphatic hydroxyl groups is 1. The van der Waals surface area contributed by atoms with Gasteiger partial charge in [-0.05, 0) is 31.5 Å². The van der Waals surface area contributed by atoms with Gasteiger partial charge in [-0.25, -0.2) is 0 Å². The first kappa shape index (κ1) is 11.6. The predicted octanol–water partition coefficient (Wildman–Crippen LogP) is 1.44. The molecule has 2 rings (SSSR count). The van der Waals surface area contributed by atoms with Gasteiger partial charge in [-0.1, -0.05) is 24.3 Å². The molecule has 0 heterocycles. The highest BCUT2D eigenvalue weighted by molar-refractivity contribution is 5.37. The summed E-state index contributed by atoms with van der Waals surface area (Å²) >= 11 is 0. The van der Waals surface area contributed by atoms with Crippen LogP contribution in [-0.4, -0.2) is 29.7 Å². The number of fused-ring (bicyclic) bond motifs is 1. The van der Waals surface area contributed by atoms with Crippen molar-refractivity contribution >= 4 is 0 Å². The standard InChI is InChI=1S/C13H20N2O/c1-9(8-16)15(2)13-7-12(14)10-5-3-4-6-11(10)13/h3-6,9,12-13,16H,7-8,14H2,1-2H3. The molecule has 1 aliphatic rings. The van der Waals surface area contributed by atoms with E-state index in [1.54, 1.807) is 0 Å². The lowest BCUT2D eigenvalue weighted by Crippen LogP contribution is -2.34. The van der Waals surface area contributed by atoms with E-state index in [9.17, 15) is 5.11 Å². The van der Waals surface area contributed by atoms with E-state index in [1.807, 2.05) is 13.0 Å². The Balaban J connectivity index is 2.26. The Hall–Kier alpha value is -0.900. The third kappa shape index (κ3) is 1.86. The first-order chi connectivity index (χ1) is 7.65. The number of aliphatic hydroxyl groups excluding tert-OH is 1.